The van der Waals surface area contributed by atoms with Crippen molar-refractivity contribution in [3.05, 3.63) is 24.3 Å². The van der Waals surface area contributed by atoms with E-state index in [1.54, 1.807) is 12.1 Å². The second-order valence-electron chi connectivity index (χ2n) is 9.02. The molecule has 1 unspecified atom stereocenters. The molecule has 0 saturated heterocycles. The van der Waals surface area contributed by atoms with E-state index in [-0.39, 0.29) is 29.6 Å². The first-order valence-electron chi connectivity index (χ1n) is 12.6. The van der Waals surface area contributed by atoms with Crippen LogP contribution in [0.4, 0.5) is 11.4 Å². The molecular formula is C25H43N2NaO3S. The third-order valence-corrected chi connectivity index (χ3v) is 7.25. The minimum atomic E-state index is -4.52. The maximum atomic E-state index is 11.7. The number of nitrogens with zero attached hydrogens (tertiary/aromatic N) is 1. The molecule has 0 bridgehead atoms. The molecule has 32 heavy (non-hydrogen) atoms. The summed E-state index contributed by atoms with van der Waals surface area (Å²) in [5, 5.41) is 3.19. The third kappa shape index (κ3) is 11.2. The van der Waals surface area contributed by atoms with Crippen LogP contribution in [-0.4, -0.2) is 19.1 Å². The molecule has 1 N–H and O–H groups in total. The Labute approximate surface area is 219 Å². The van der Waals surface area contributed by atoms with Crippen molar-refractivity contribution in [2.75, 3.05) is 9.62 Å². The van der Waals surface area contributed by atoms with Gasteiger partial charge >= 0.3 is 29.6 Å². The Hall–Kier alpha value is -0.270. The van der Waals surface area contributed by atoms with Crippen LogP contribution in [0.25, 0.3) is 0 Å². The van der Waals surface area contributed by atoms with Crippen LogP contribution in [0.3, 0.4) is 0 Å². The maximum Gasteiger partial charge on any atom is 1.00 e. The zero-order valence-electron chi connectivity index (χ0n) is 20.5. The van der Waals surface area contributed by atoms with Crippen LogP contribution in [0.5, 0.6) is 0 Å². The third-order valence-electron chi connectivity index (χ3n) is 6.32. The van der Waals surface area contributed by atoms with Crippen molar-refractivity contribution in [1.82, 2.24) is 0 Å². The standard InChI is InChI=1S/C25H44N2O3S.Na/c1-2-3-4-5-6-7-8-9-10-11-12-13-14-15-16-17-22-25-26-23-20-18-19-21-24(23)27(25)31(28,29)30;/h18-21,25-26H,2-17,22H2,1H3,(H,28,29,30);/q;+1/p-1. The summed E-state index contributed by atoms with van der Waals surface area (Å²) in [4.78, 5) is 0. The van der Waals surface area contributed by atoms with E-state index in [0.717, 1.165) is 22.8 Å². The molecule has 0 saturated carbocycles. The van der Waals surface area contributed by atoms with Gasteiger partial charge in [-0.05, 0) is 25.0 Å². The van der Waals surface area contributed by atoms with Crippen molar-refractivity contribution < 1.29 is 42.5 Å². The largest absolute Gasteiger partial charge is 1.00 e. The molecule has 1 aliphatic rings. The van der Waals surface area contributed by atoms with Crippen LogP contribution in [0.15, 0.2) is 24.3 Å². The molecule has 0 radical (unpaired) electrons. The molecule has 2 rings (SSSR count). The number of hydrogen-bond acceptors (Lipinski definition) is 4. The zero-order chi connectivity index (χ0) is 22.4. The van der Waals surface area contributed by atoms with Crippen molar-refractivity contribution >= 4 is 21.7 Å². The SMILES string of the molecule is CCCCCCCCCCCCCCCCCCC1Nc2ccccc2N1S(=O)(=O)[O-].[Na+]. The van der Waals surface area contributed by atoms with Gasteiger partial charge in [-0.1, -0.05) is 115 Å². The predicted molar refractivity (Wildman–Crippen MR) is 130 cm³/mol. The van der Waals surface area contributed by atoms with Crippen LogP contribution in [0.1, 0.15) is 116 Å². The zero-order valence-corrected chi connectivity index (χ0v) is 23.3. The van der Waals surface area contributed by atoms with E-state index in [2.05, 4.69) is 12.2 Å². The van der Waals surface area contributed by atoms with Gasteiger partial charge in [-0.2, -0.15) is 0 Å². The molecule has 7 heteroatoms. The molecule has 1 atom stereocenters. The molecular weight excluding hydrogens is 431 g/mol. The van der Waals surface area contributed by atoms with Gasteiger partial charge in [0.25, 0.3) is 0 Å². The summed E-state index contributed by atoms with van der Waals surface area (Å²) in [6.07, 6.45) is 21.2. The summed E-state index contributed by atoms with van der Waals surface area (Å²) in [6, 6.07) is 7.11. The molecule has 0 fully saturated rings. The van der Waals surface area contributed by atoms with Gasteiger partial charge in [0.1, 0.15) is 6.17 Å². The van der Waals surface area contributed by atoms with Crippen molar-refractivity contribution in [3.63, 3.8) is 0 Å². The topological polar surface area (TPSA) is 72.5 Å². The van der Waals surface area contributed by atoms with E-state index in [1.165, 1.54) is 89.9 Å². The average molecular weight is 475 g/mol. The van der Waals surface area contributed by atoms with Gasteiger partial charge in [0.05, 0.1) is 11.4 Å². The Morgan fingerprint density at radius 2 is 1.22 bits per heavy atom. The van der Waals surface area contributed by atoms with E-state index in [0.29, 0.717) is 12.1 Å². The monoisotopic (exact) mass is 474 g/mol. The van der Waals surface area contributed by atoms with Crippen molar-refractivity contribution in [3.8, 4) is 0 Å². The number of fused-ring (bicyclic) bond motifs is 1. The number of rotatable bonds is 18. The van der Waals surface area contributed by atoms with Gasteiger partial charge in [-0.15, -0.1) is 0 Å². The van der Waals surface area contributed by atoms with Crippen molar-refractivity contribution in [1.29, 1.82) is 0 Å². The summed E-state index contributed by atoms with van der Waals surface area (Å²) >= 11 is 0. The second kappa shape index (κ2) is 17.2. The van der Waals surface area contributed by atoms with E-state index in [4.69, 9.17) is 0 Å². The van der Waals surface area contributed by atoms with Gasteiger partial charge in [-0.3, -0.25) is 4.31 Å². The number of anilines is 2. The van der Waals surface area contributed by atoms with E-state index in [9.17, 15) is 13.0 Å². The Morgan fingerprint density at radius 3 is 1.69 bits per heavy atom. The number of unbranched alkanes of at least 4 members (excludes halogenated alkanes) is 15. The van der Waals surface area contributed by atoms with E-state index in [1.807, 2.05) is 12.1 Å². The van der Waals surface area contributed by atoms with Crippen LogP contribution in [0, 0.1) is 0 Å². The van der Waals surface area contributed by atoms with Gasteiger partial charge in [0, 0.05) is 0 Å². The first kappa shape index (κ1) is 29.8. The molecule has 5 nitrogen and oxygen atoms in total. The number of hydrogen-bond donors (Lipinski definition) is 1. The summed E-state index contributed by atoms with van der Waals surface area (Å²) < 4.78 is 36.1. The normalized spacial score (nSPS) is 15.3. The van der Waals surface area contributed by atoms with Gasteiger partial charge in [-0.25, -0.2) is 8.42 Å². The Kier molecular flexibility index (Phi) is 16.0. The Morgan fingerprint density at radius 1 is 0.781 bits per heavy atom. The second-order valence-corrected chi connectivity index (χ2v) is 10.3. The summed E-state index contributed by atoms with van der Waals surface area (Å²) in [6.45, 7) is 2.27. The Balaban J connectivity index is 0.00000512. The first-order valence-corrected chi connectivity index (χ1v) is 14.0. The number of para-hydroxylation sites is 2. The van der Waals surface area contributed by atoms with Crippen LogP contribution >= 0.6 is 0 Å². The predicted octanol–water partition coefficient (Wildman–Crippen LogP) is 4.36. The van der Waals surface area contributed by atoms with E-state index >= 15 is 0 Å². The van der Waals surface area contributed by atoms with Gasteiger partial charge in [0.2, 0.25) is 0 Å². The van der Waals surface area contributed by atoms with E-state index < -0.39 is 16.5 Å². The maximum absolute atomic E-state index is 11.7. The number of benzene rings is 1. The molecule has 1 aromatic rings. The first-order chi connectivity index (χ1) is 15.0. The number of nitrogens with one attached hydrogen (secondary N) is 1. The molecule has 0 amide bonds. The van der Waals surface area contributed by atoms with Crippen LogP contribution < -0.4 is 39.2 Å². The van der Waals surface area contributed by atoms with Crippen molar-refractivity contribution in [2.45, 2.75) is 122 Å². The molecule has 0 spiro atoms. The average Bonchev–Trinajstić information content (AvgIpc) is 3.12. The van der Waals surface area contributed by atoms with Crippen LogP contribution in [-0.2, 0) is 10.3 Å². The Bertz CT molecular complexity index is 715. The summed E-state index contributed by atoms with van der Waals surface area (Å²) in [5.41, 5.74) is 1.20. The van der Waals surface area contributed by atoms with Crippen LogP contribution in [0.2, 0.25) is 0 Å². The minimum absolute atomic E-state index is 0. The fourth-order valence-electron chi connectivity index (χ4n) is 4.55. The van der Waals surface area contributed by atoms with Gasteiger partial charge < -0.3 is 9.87 Å². The smallest absolute Gasteiger partial charge is 0.731 e. The molecule has 178 valence electrons. The van der Waals surface area contributed by atoms with Gasteiger partial charge in [0.15, 0.2) is 10.3 Å². The molecule has 1 aliphatic heterocycles. The molecule has 1 aromatic carbocycles. The fourth-order valence-corrected chi connectivity index (χ4v) is 5.42. The summed E-state index contributed by atoms with van der Waals surface area (Å²) in [7, 11) is -4.52. The fraction of sp³-hybridized carbons (Fsp3) is 0.760. The molecule has 0 aliphatic carbocycles. The quantitative estimate of drug-likeness (QED) is 0.195. The van der Waals surface area contributed by atoms with Crippen molar-refractivity contribution in [2.24, 2.45) is 0 Å². The molecule has 0 aromatic heterocycles. The summed E-state index contributed by atoms with van der Waals surface area (Å²) in [5.74, 6) is 0. The molecule has 1 heterocycles. The minimum Gasteiger partial charge on any atom is -0.731 e.